The van der Waals surface area contributed by atoms with Gasteiger partial charge >= 0.3 is 5.97 Å². The van der Waals surface area contributed by atoms with Gasteiger partial charge in [-0.1, -0.05) is 46.8 Å². The number of benzene rings is 1. The van der Waals surface area contributed by atoms with Crippen LogP contribution in [0.5, 0.6) is 5.75 Å². The second-order valence-electron chi connectivity index (χ2n) is 4.07. The summed E-state index contributed by atoms with van der Waals surface area (Å²) in [4.78, 5) is 11.4. The van der Waals surface area contributed by atoms with E-state index in [4.69, 9.17) is 4.74 Å². The molecule has 0 aliphatic carbocycles. The maximum absolute atomic E-state index is 11.4. The molecule has 0 aliphatic heterocycles. The first-order valence-corrected chi connectivity index (χ1v) is 6.41. The van der Waals surface area contributed by atoms with Crippen molar-refractivity contribution in [3.05, 3.63) is 29.8 Å². The van der Waals surface area contributed by atoms with Gasteiger partial charge in [-0.05, 0) is 30.0 Å². The predicted molar refractivity (Wildman–Crippen MR) is 72.3 cm³/mol. The van der Waals surface area contributed by atoms with Crippen molar-refractivity contribution in [1.29, 1.82) is 0 Å². The van der Waals surface area contributed by atoms with Crippen LogP contribution in [-0.4, -0.2) is 5.97 Å². The molecule has 1 rings (SSSR count). The second-order valence-corrected chi connectivity index (χ2v) is 4.07. The molecule has 0 spiro atoms. The molecule has 0 radical (unpaired) electrons. The van der Waals surface area contributed by atoms with Crippen LogP contribution in [0.3, 0.4) is 0 Å². The molecule has 0 fully saturated rings. The van der Waals surface area contributed by atoms with Gasteiger partial charge in [0.15, 0.2) is 0 Å². The normalized spacial score (nSPS) is 9.53. The molecule has 2 nitrogen and oxygen atoms in total. The van der Waals surface area contributed by atoms with Crippen LogP contribution in [0.25, 0.3) is 0 Å². The molecule has 0 aliphatic rings. The molecule has 1 aromatic carbocycles. The first-order chi connectivity index (χ1) is 8.11. The van der Waals surface area contributed by atoms with Gasteiger partial charge in [-0.3, -0.25) is 4.79 Å². The highest BCUT2D eigenvalue weighted by atomic mass is 16.5. The molecule has 2 heteroatoms. The lowest BCUT2D eigenvalue weighted by Gasteiger charge is -2.06. The summed E-state index contributed by atoms with van der Waals surface area (Å²) in [5.74, 6) is 0.819. The van der Waals surface area contributed by atoms with E-state index in [1.165, 1.54) is 5.56 Å². The van der Waals surface area contributed by atoms with Crippen LogP contribution in [0.15, 0.2) is 24.3 Å². The minimum atomic E-state index is -0.158. The molecular formula is C15H24O2. The Labute approximate surface area is 105 Å². The fourth-order valence-electron chi connectivity index (χ4n) is 1.30. The van der Waals surface area contributed by atoms with E-state index in [-0.39, 0.29) is 5.97 Å². The average Bonchev–Trinajstić information content (AvgIpc) is 2.31. The molecule has 0 atom stereocenters. The van der Waals surface area contributed by atoms with E-state index in [2.05, 4.69) is 6.92 Å². The summed E-state index contributed by atoms with van der Waals surface area (Å²) in [6.07, 6.45) is 1.47. The van der Waals surface area contributed by atoms with Gasteiger partial charge in [-0.2, -0.15) is 0 Å². The Morgan fingerprint density at radius 2 is 1.71 bits per heavy atom. The number of rotatable bonds is 4. The molecule has 0 unspecified atom stereocenters. The van der Waals surface area contributed by atoms with E-state index >= 15 is 0 Å². The van der Waals surface area contributed by atoms with Gasteiger partial charge in [-0.25, -0.2) is 0 Å². The quantitative estimate of drug-likeness (QED) is 0.577. The largest absolute Gasteiger partial charge is 0.427 e. The standard InChI is InChI=1S/C13H18O2.C2H6/c1-4-11-5-7-12(8-6-11)15-13(14)9-10(2)3;1-2/h5-8,10H,4,9H2,1-3H3;1-2H3. The average molecular weight is 236 g/mol. The zero-order chi connectivity index (χ0) is 13.3. The fourth-order valence-corrected chi connectivity index (χ4v) is 1.30. The molecule has 1 aromatic rings. The van der Waals surface area contributed by atoms with Crippen LogP contribution in [0.2, 0.25) is 0 Å². The highest BCUT2D eigenvalue weighted by Crippen LogP contribution is 2.14. The number of ether oxygens (including phenoxy) is 1. The van der Waals surface area contributed by atoms with Crippen LogP contribution < -0.4 is 4.74 Å². The molecule has 17 heavy (non-hydrogen) atoms. The van der Waals surface area contributed by atoms with Crippen molar-refractivity contribution >= 4 is 5.97 Å². The SMILES string of the molecule is CC.CCc1ccc(OC(=O)CC(C)C)cc1. The Balaban J connectivity index is 0.00000121. The van der Waals surface area contributed by atoms with Crippen molar-refractivity contribution in [2.24, 2.45) is 5.92 Å². The summed E-state index contributed by atoms with van der Waals surface area (Å²) in [7, 11) is 0. The highest BCUT2D eigenvalue weighted by Gasteiger charge is 2.06. The van der Waals surface area contributed by atoms with Crippen LogP contribution in [0, 0.1) is 5.92 Å². The maximum atomic E-state index is 11.4. The number of carbonyl (C=O) groups is 1. The van der Waals surface area contributed by atoms with Crippen LogP contribution in [-0.2, 0) is 11.2 Å². The maximum Gasteiger partial charge on any atom is 0.311 e. The topological polar surface area (TPSA) is 26.3 Å². The van der Waals surface area contributed by atoms with Crippen molar-refractivity contribution in [3.8, 4) is 5.75 Å². The summed E-state index contributed by atoms with van der Waals surface area (Å²) in [5, 5.41) is 0. The molecule has 0 N–H and O–H groups in total. The van der Waals surface area contributed by atoms with Gasteiger partial charge in [0, 0.05) is 6.42 Å². The Hall–Kier alpha value is -1.31. The zero-order valence-corrected chi connectivity index (χ0v) is 11.6. The van der Waals surface area contributed by atoms with Crippen LogP contribution in [0.4, 0.5) is 0 Å². The summed E-state index contributed by atoms with van der Waals surface area (Å²) >= 11 is 0. The number of esters is 1. The number of carbonyl (C=O) groups excluding carboxylic acids is 1. The molecule has 0 amide bonds. The van der Waals surface area contributed by atoms with Gasteiger partial charge in [-0.15, -0.1) is 0 Å². The summed E-state index contributed by atoms with van der Waals surface area (Å²) in [6.45, 7) is 10.1. The molecule has 0 saturated heterocycles. The molecule has 0 aromatic heterocycles. The summed E-state index contributed by atoms with van der Waals surface area (Å²) < 4.78 is 5.19. The first-order valence-electron chi connectivity index (χ1n) is 6.41. The number of aryl methyl sites for hydroxylation is 1. The van der Waals surface area contributed by atoms with Crippen molar-refractivity contribution in [3.63, 3.8) is 0 Å². The monoisotopic (exact) mass is 236 g/mol. The minimum Gasteiger partial charge on any atom is -0.427 e. The van der Waals surface area contributed by atoms with Crippen LogP contribution >= 0.6 is 0 Å². The van der Waals surface area contributed by atoms with Crippen molar-refractivity contribution in [2.45, 2.75) is 47.5 Å². The smallest absolute Gasteiger partial charge is 0.311 e. The highest BCUT2D eigenvalue weighted by molar-refractivity contribution is 5.72. The molecule has 0 bridgehead atoms. The Bertz CT molecular complexity index is 312. The Morgan fingerprint density at radius 3 is 2.12 bits per heavy atom. The second kappa shape index (κ2) is 8.80. The van der Waals surface area contributed by atoms with Gasteiger partial charge in [0.1, 0.15) is 5.75 Å². The van der Waals surface area contributed by atoms with E-state index in [1.54, 1.807) is 0 Å². The zero-order valence-electron chi connectivity index (χ0n) is 11.6. The number of hydrogen-bond acceptors (Lipinski definition) is 2. The van der Waals surface area contributed by atoms with Crippen molar-refractivity contribution in [2.75, 3.05) is 0 Å². The van der Waals surface area contributed by atoms with E-state index in [9.17, 15) is 4.79 Å². The third-order valence-corrected chi connectivity index (χ3v) is 2.14. The summed E-state index contributed by atoms with van der Waals surface area (Å²) in [5.41, 5.74) is 1.25. The van der Waals surface area contributed by atoms with Gasteiger partial charge in [0.2, 0.25) is 0 Å². The molecule has 0 heterocycles. The van der Waals surface area contributed by atoms with E-state index < -0.39 is 0 Å². The molecule has 96 valence electrons. The van der Waals surface area contributed by atoms with Crippen LogP contribution in [0.1, 0.15) is 46.6 Å². The van der Waals surface area contributed by atoms with Gasteiger partial charge in [0.25, 0.3) is 0 Å². The van der Waals surface area contributed by atoms with E-state index in [0.717, 1.165) is 6.42 Å². The summed E-state index contributed by atoms with van der Waals surface area (Å²) in [6, 6.07) is 7.66. The third-order valence-electron chi connectivity index (χ3n) is 2.14. The lowest BCUT2D eigenvalue weighted by molar-refractivity contribution is -0.135. The van der Waals surface area contributed by atoms with Gasteiger partial charge < -0.3 is 4.74 Å². The molecule has 0 saturated carbocycles. The van der Waals surface area contributed by atoms with Crippen molar-refractivity contribution < 1.29 is 9.53 Å². The van der Waals surface area contributed by atoms with Crippen molar-refractivity contribution in [1.82, 2.24) is 0 Å². The third kappa shape index (κ3) is 6.77. The Kier molecular flexibility index (Phi) is 8.12. The fraction of sp³-hybridized carbons (Fsp3) is 0.533. The number of hydrogen-bond donors (Lipinski definition) is 0. The lowest BCUT2D eigenvalue weighted by atomic mass is 10.1. The van der Waals surface area contributed by atoms with E-state index in [1.807, 2.05) is 52.0 Å². The molecular weight excluding hydrogens is 212 g/mol. The Morgan fingerprint density at radius 1 is 1.18 bits per heavy atom. The first kappa shape index (κ1) is 15.7. The van der Waals surface area contributed by atoms with Gasteiger partial charge in [0.05, 0.1) is 0 Å². The lowest BCUT2D eigenvalue weighted by Crippen LogP contribution is -2.10. The minimum absolute atomic E-state index is 0.158. The van der Waals surface area contributed by atoms with E-state index in [0.29, 0.717) is 18.1 Å². The predicted octanol–water partition coefficient (Wildman–Crippen LogP) is 4.23.